The van der Waals surface area contributed by atoms with Crippen LogP contribution in [0.2, 0.25) is 0 Å². The Labute approximate surface area is 662 Å². The van der Waals surface area contributed by atoms with Crippen molar-refractivity contribution in [1.82, 2.24) is 14.7 Å². The fourth-order valence-corrected chi connectivity index (χ4v) is 19.9. The Bertz CT molecular complexity index is 5270. The summed E-state index contributed by atoms with van der Waals surface area (Å²) in [4.78, 5) is 50.7. The molecular formula is C94H100F3N3O8S3. The summed E-state index contributed by atoms with van der Waals surface area (Å²) in [7, 11) is 0. The van der Waals surface area contributed by atoms with Crippen molar-refractivity contribution in [1.29, 1.82) is 0 Å². The number of carbonyl (C=O) groups excluding carboxylic acids is 3. The van der Waals surface area contributed by atoms with E-state index >= 15 is 0 Å². The highest BCUT2D eigenvalue weighted by atomic mass is 32.1. The van der Waals surface area contributed by atoms with Gasteiger partial charge in [0.15, 0.2) is 0 Å². The Morgan fingerprint density at radius 3 is 1.05 bits per heavy atom. The fraction of sp³-hybridized carbons (Fsp3) is 0.330. The summed E-state index contributed by atoms with van der Waals surface area (Å²) >= 11 is 4.28. The number of hydrogen-bond acceptors (Lipinski definition) is 14. The molecule has 9 aromatic carbocycles. The number of phenolic OH excluding ortho intramolecular Hbond substituents is 3. The van der Waals surface area contributed by atoms with E-state index in [1.807, 2.05) is 141 Å². The minimum absolute atomic E-state index is 0. The minimum atomic E-state index is -0.247. The van der Waals surface area contributed by atoms with Gasteiger partial charge < -0.3 is 29.7 Å². The Balaban J connectivity index is 0.000000154. The normalized spacial score (nSPS) is 14.9. The number of thiophene rings is 3. The number of likely N-dealkylation sites (tertiary alicyclic amines) is 3. The quantitative estimate of drug-likeness (QED) is 0.0527. The molecule has 3 aliphatic rings. The Hall–Kier alpha value is -9.46. The summed E-state index contributed by atoms with van der Waals surface area (Å²) in [5.74, 6) is 2.73. The largest absolute Gasteiger partial charge is 0.508 e. The molecule has 0 aliphatic carbocycles. The van der Waals surface area contributed by atoms with Crippen LogP contribution in [0.15, 0.2) is 164 Å². The van der Waals surface area contributed by atoms with Gasteiger partial charge in [-0.3, -0.25) is 37.4 Å². The van der Waals surface area contributed by atoms with Crippen molar-refractivity contribution >= 4 is 81.6 Å². The van der Waals surface area contributed by atoms with Crippen LogP contribution in [-0.2, 0) is 6.42 Å². The number of ether oxygens (including phenoxy) is 2. The van der Waals surface area contributed by atoms with E-state index in [2.05, 4.69) is 63.2 Å². The molecule has 12 aromatic rings. The first-order valence-corrected chi connectivity index (χ1v) is 40.5. The second-order valence-corrected chi connectivity index (χ2v) is 33.4. The van der Waals surface area contributed by atoms with Crippen LogP contribution in [0.5, 0.6) is 28.7 Å². The van der Waals surface area contributed by atoms with Gasteiger partial charge in [0.05, 0.1) is 34.7 Å². The van der Waals surface area contributed by atoms with Crippen molar-refractivity contribution in [3.63, 3.8) is 0 Å². The molecule has 3 saturated heterocycles. The number of piperidine rings is 1. The number of hydrogen-bond donors (Lipinski definition) is 3. The minimum Gasteiger partial charge on any atom is -0.508 e. The number of benzene rings is 9. The molecule has 1 unspecified atom stereocenters. The second-order valence-electron chi connectivity index (χ2n) is 30.3. The van der Waals surface area contributed by atoms with Crippen LogP contribution in [-0.4, -0.2) is 140 Å². The molecule has 15 rings (SSSR count). The van der Waals surface area contributed by atoms with E-state index in [1.54, 1.807) is 36.4 Å². The van der Waals surface area contributed by atoms with Crippen molar-refractivity contribution in [2.24, 2.45) is 17.8 Å². The standard InChI is InChI=1S/C32H34FNO3S.C31H32FNO3S.C30H30FNO2S.CH4/c1-20-16-21(2)29(22(3)17-20)31(36)32-30(27-9-6-25(35)18-28(27)38-32)24-4-7-26(8-5-24)37-15-14-34-12-10-23(19-33)11-13-34;1-19-14-20(2)28(21(3)15-19)30(35)31-29(26-9-6-24(34)16-27(26)37-31)23-4-7-25(8-5-23)36-13-12-33-11-10-22(17-32)18-33;1-18-12-19(2)27(20(3)13-18)29(34)30-28(25-9-8-24(33)14-26(25)35-30)23-6-4-21(5-7-23)10-11-32-16-22(15-31)17-32;/h4-9,16-18,23,35H,10-15,19H2,1-3H3;4-9,14-16,22,34H,10-13,17-18H2,1-3H3;4-9,12-14,22,33H,10-11,15-17H2,1-3H3;1H4. The second kappa shape index (κ2) is 35.9. The molecule has 1 atom stereocenters. The zero-order valence-electron chi connectivity index (χ0n) is 64.1. The van der Waals surface area contributed by atoms with Gasteiger partial charge in [-0.2, -0.15) is 0 Å². The highest BCUT2D eigenvalue weighted by molar-refractivity contribution is 7.22. The average molecular weight is 1550 g/mol. The summed E-state index contributed by atoms with van der Waals surface area (Å²) in [5, 5.41) is 33.1. The zero-order valence-corrected chi connectivity index (χ0v) is 66.6. The van der Waals surface area contributed by atoms with Gasteiger partial charge in [-0.25, -0.2) is 0 Å². The van der Waals surface area contributed by atoms with Gasteiger partial charge >= 0.3 is 0 Å². The summed E-state index contributed by atoms with van der Waals surface area (Å²) in [6, 6.07) is 52.4. The molecule has 578 valence electrons. The molecule has 111 heavy (non-hydrogen) atoms. The van der Waals surface area contributed by atoms with E-state index in [0.717, 1.165) is 226 Å². The summed E-state index contributed by atoms with van der Waals surface area (Å²) in [6.45, 7) is 26.3. The maximum atomic E-state index is 13.9. The van der Waals surface area contributed by atoms with Crippen LogP contribution in [0.1, 0.15) is 128 Å². The molecule has 3 aromatic heterocycles. The lowest BCUT2D eigenvalue weighted by atomic mass is 9.92. The number of carbonyl (C=O) groups is 3. The Kier molecular flexibility index (Phi) is 26.2. The lowest BCUT2D eigenvalue weighted by Gasteiger charge is -2.37. The number of nitrogens with zero attached hydrogens (tertiary/aromatic N) is 3. The number of aryl methyl sites for hydroxylation is 9. The third kappa shape index (κ3) is 18.5. The van der Waals surface area contributed by atoms with Crippen molar-refractivity contribution in [2.75, 3.05) is 92.1 Å². The summed E-state index contributed by atoms with van der Waals surface area (Å²) < 4.78 is 53.0. The smallest absolute Gasteiger partial charge is 0.204 e. The van der Waals surface area contributed by atoms with Crippen molar-refractivity contribution in [2.45, 2.75) is 95.4 Å². The number of rotatable bonds is 23. The van der Waals surface area contributed by atoms with Gasteiger partial charge in [-0.05, 0) is 248 Å². The molecule has 0 spiro atoms. The van der Waals surface area contributed by atoms with Crippen molar-refractivity contribution in [3.8, 4) is 62.1 Å². The van der Waals surface area contributed by atoms with E-state index in [1.165, 1.54) is 39.6 Å². The molecule has 0 radical (unpaired) electrons. The number of alkyl halides is 3. The van der Waals surface area contributed by atoms with Crippen LogP contribution in [0.3, 0.4) is 0 Å². The molecule has 17 heteroatoms. The predicted molar refractivity (Wildman–Crippen MR) is 452 cm³/mol. The van der Waals surface area contributed by atoms with E-state index in [0.29, 0.717) is 27.8 Å². The number of halogens is 3. The molecule has 0 saturated carbocycles. The topological polar surface area (TPSA) is 140 Å². The van der Waals surface area contributed by atoms with E-state index < -0.39 is 0 Å². The maximum Gasteiger partial charge on any atom is 0.204 e. The highest BCUT2D eigenvalue weighted by Gasteiger charge is 2.30. The van der Waals surface area contributed by atoms with Gasteiger partial charge in [0.25, 0.3) is 0 Å². The number of aromatic hydroxyl groups is 3. The Morgan fingerprint density at radius 2 is 0.703 bits per heavy atom. The highest BCUT2D eigenvalue weighted by Crippen LogP contribution is 2.46. The number of phenols is 3. The molecule has 3 fully saturated rings. The molecule has 11 nitrogen and oxygen atoms in total. The van der Waals surface area contributed by atoms with Gasteiger partial charge in [0.1, 0.15) is 42.0 Å². The van der Waals surface area contributed by atoms with E-state index in [4.69, 9.17) is 9.47 Å². The third-order valence-corrected chi connectivity index (χ3v) is 25.2. The van der Waals surface area contributed by atoms with Crippen LogP contribution in [0.4, 0.5) is 13.2 Å². The molecule has 0 amide bonds. The predicted octanol–water partition coefficient (Wildman–Crippen LogP) is 22.1. The maximum absolute atomic E-state index is 13.9. The zero-order chi connectivity index (χ0) is 77.6. The van der Waals surface area contributed by atoms with Gasteiger partial charge in [-0.15, -0.1) is 34.0 Å². The van der Waals surface area contributed by atoms with Crippen LogP contribution in [0, 0.1) is 80.1 Å². The molecule has 0 bridgehead atoms. The SMILES string of the molecule is C.Cc1cc(C)c(C(=O)c2sc3cc(O)ccc3c2-c2ccc(CCN3CC(CF)C3)cc2)c(C)c1.Cc1cc(C)c(C(=O)c2sc3cc(O)ccc3c2-c2ccc(OCCN3CCC(CF)C3)cc2)c(C)c1.Cc1cc(C)c(C(=O)c2sc3cc(O)ccc3c2-c2ccc(OCCN3CCC(CF)CC3)cc2)c(C)c1. The van der Waals surface area contributed by atoms with Crippen LogP contribution >= 0.6 is 34.0 Å². The summed E-state index contributed by atoms with van der Waals surface area (Å²) in [6.07, 6.45) is 3.67. The monoisotopic (exact) mass is 1550 g/mol. The van der Waals surface area contributed by atoms with Gasteiger partial charge in [0, 0.05) is 115 Å². The van der Waals surface area contributed by atoms with E-state index in [9.17, 15) is 42.9 Å². The van der Waals surface area contributed by atoms with E-state index in [-0.39, 0.29) is 79.8 Å². The first kappa shape index (κ1) is 81.0. The molecular weight excluding hydrogens is 1450 g/mol. The Morgan fingerprint density at radius 1 is 0.387 bits per heavy atom. The lowest BCUT2D eigenvalue weighted by molar-refractivity contribution is 0.0824. The van der Waals surface area contributed by atoms with Crippen LogP contribution < -0.4 is 9.47 Å². The van der Waals surface area contributed by atoms with Crippen molar-refractivity contribution in [3.05, 3.63) is 251 Å². The van der Waals surface area contributed by atoms with Gasteiger partial charge in [-0.1, -0.05) is 109 Å². The first-order chi connectivity index (χ1) is 53.0. The first-order valence-electron chi connectivity index (χ1n) is 38.1. The molecule has 6 heterocycles. The third-order valence-electron chi connectivity index (χ3n) is 21.7. The lowest BCUT2D eigenvalue weighted by Crippen LogP contribution is -2.48. The number of ketones is 3. The van der Waals surface area contributed by atoms with Crippen LogP contribution in [0.25, 0.3) is 63.6 Å². The molecule has 3 N–H and O–H groups in total. The van der Waals surface area contributed by atoms with Gasteiger partial charge in [0.2, 0.25) is 17.3 Å². The van der Waals surface area contributed by atoms with Crippen molar-refractivity contribution < 1.29 is 52.3 Å². The molecule has 3 aliphatic heterocycles. The number of fused-ring (bicyclic) bond motifs is 3. The average Bonchev–Trinajstić information content (AvgIpc) is 1.63. The summed E-state index contributed by atoms with van der Waals surface area (Å²) in [5.41, 5.74) is 18.3. The fourth-order valence-electron chi connectivity index (χ4n) is 16.3.